The first-order valence-electron chi connectivity index (χ1n) is 7.27. The van der Waals surface area contributed by atoms with E-state index in [1.807, 2.05) is 37.3 Å². The molecule has 1 atom stereocenters. The number of carbonyl (C=O) groups is 1. The summed E-state index contributed by atoms with van der Waals surface area (Å²) in [7, 11) is 1.75. The molecule has 3 nitrogen and oxygen atoms in total. The summed E-state index contributed by atoms with van der Waals surface area (Å²) in [6, 6.07) is 15.5. The molecule has 0 N–H and O–H groups in total. The van der Waals surface area contributed by atoms with Gasteiger partial charge in [-0.05, 0) is 36.8 Å². The molecule has 2 rings (SSSR count). The lowest BCUT2D eigenvalue weighted by Crippen LogP contribution is -2.30. The minimum Gasteiger partial charge on any atom is -0.493 e. The highest BCUT2D eigenvalue weighted by Gasteiger charge is 2.17. The van der Waals surface area contributed by atoms with Crippen molar-refractivity contribution in [2.24, 2.45) is 0 Å². The number of benzene rings is 2. The van der Waals surface area contributed by atoms with Crippen molar-refractivity contribution in [1.82, 2.24) is 4.90 Å². The maximum atomic E-state index is 12.9. The predicted molar refractivity (Wildman–Crippen MR) is 84.1 cm³/mol. The van der Waals surface area contributed by atoms with Crippen LogP contribution in [0.2, 0.25) is 0 Å². The molecule has 0 heterocycles. The maximum Gasteiger partial charge on any atom is 0.226 e. The molecule has 22 heavy (non-hydrogen) atoms. The van der Waals surface area contributed by atoms with Crippen LogP contribution in [0.3, 0.4) is 0 Å². The summed E-state index contributed by atoms with van der Waals surface area (Å²) in [5.74, 6) is 0.471. The van der Waals surface area contributed by atoms with Gasteiger partial charge in [0.05, 0.1) is 19.1 Å². The third-order valence-corrected chi connectivity index (χ3v) is 3.65. The number of nitrogens with zero attached hydrogens (tertiary/aromatic N) is 1. The zero-order valence-electron chi connectivity index (χ0n) is 12.8. The Labute approximate surface area is 130 Å². The van der Waals surface area contributed by atoms with E-state index in [1.165, 1.54) is 12.1 Å². The second kappa shape index (κ2) is 7.59. The van der Waals surface area contributed by atoms with Crippen LogP contribution in [-0.4, -0.2) is 24.5 Å². The summed E-state index contributed by atoms with van der Waals surface area (Å²) in [4.78, 5) is 13.8. The van der Waals surface area contributed by atoms with Crippen LogP contribution < -0.4 is 4.74 Å². The third-order valence-electron chi connectivity index (χ3n) is 3.65. The SMILES string of the molecule is CC(c1ccc(F)cc1)N(C)C(=O)CCOc1ccccc1. The highest BCUT2D eigenvalue weighted by Crippen LogP contribution is 2.19. The van der Waals surface area contributed by atoms with E-state index >= 15 is 0 Å². The number of rotatable bonds is 6. The minimum atomic E-state index is -0.277. The first-order chi connectivity index (χ1) is 10.6. The lowest BCUT2D eigenvalue weighted by Gasteiger charge is -2.25. The third kappa shape index (κ3) is 4.32. The molecule has 0 spiro atoms. The van der Waals surface area contributed by atoms with Gasteiger partial charge < -0.3 is 9.64 Å². The lowest BCUT2D eigenvalue weighted by molar-refractivity contribution is -0.132. The predicted octanol–water partition coefficient (Wildman–Crippen LogP) is 3.81. The Bertz CT molecular complexity index is 598. The van der Waals surface area contributed by atoms with Crippen molar-refractivity contribution in [3.05, 3.63) is 66.0 Å². The number of hydrogen-bond acceptors (Lipinski definition) is 2. The Kier molecular flexibility index (Phi) is 5.53. The van der Waals surface area contributed by atoms with Crippen molar-refractivity contribution < 1.29 is 13.9 Å². The van der Waals surface area contributed by atoms with Crippen molar-refractivity contribution in [3.63, 3.8) is 0 Å². The van der Waals surface area contributed by atoms with Gasteiger partial charge in [0.2, 0.25) is 5.91 Å². The highest BCUT2D eigenvalue weighted by atomic mass is 19.1. The normalized spacial score (nSPS) is 11.8. The first kappa shape index (κ1) is 16.0. The van der Waals surface area contributed by atoms with Gasteiger partial charge in [0, 0.05) is 7.05 Å². The molecule has 0 aromatic heterocycles. The van der Waals surface area contributed by atoms with E-state index in [-0.39, 0.29) is 17.8 Å². The van der Waals surface area contributed by atoms with Gasteiger partial charge in [0.1, 0.15) is 11.6 Å². The molecule has 116 valence electrons. The molecular weight excluding hydrogens is 281 g/mol. The molecule has 2 aromatic carbocycles. The Balaban J connectivity index is 1.84. The Morgan fingerprint density at radius 2 is 1.77 bits per heavy atom. The molecule has 0 aliphatic carbocycles. The molecule has 0 saturated carbocycles. The molecule has 0 aliphatic rings. The first-order valence-corrected chi connectivity index (χ1v) is 7.27. The van der Waals surface area contributed by atoms with Crippen LogP contribution in [0.25, 0.3) is 0 Å². The van der Waals surface area contributed by atoms with Crippen LogP contribution >= 0.6 is 0 Å². The summed E-state index contributed by atoms with van der Waals surface area (Å²) in [6.07, 6.45) is 0.303. The molecule has 0 bridgehead atoms. The maximum absolute atomic E-state index is 12.9. The van der Waals surface area contributed by atoms with Crippen LogP contribution in [0.5, 0.6) is 5.75 Å². The van der Waals surface area contributed by atoms with Gasteiger partial charge in [-0.2, -0.15) is 0 Å². The zero-order valence-corrected chi connectivity index (χ0v) is 12.8. The summed E-state index contributed by atoms with van der Waals surface area (Å²) >= 11 is 0. The van der Waals surface area contributed by atoms with Gasteiger partial charge in [-0.3, -0.25) is 4.79 Å². The van der Waals surface area contributed by atoms with Crippen molar-refractivity contribution >= 4 is 5.91 Å². The molecule has 4 heteroatoms. The van der Waals surface area contributed by atoms with Crippen LogP contribution in [-0.2, 0) is 4.79 Å². The van der Waals surface area contributed by atoms with E-state index < -0.39 is 0 Å². The van der Waals surface area contributed by atoms with Crippen LogP contribution in [0.15, 0.2) is 54.6 Å². The van der Waals surface area contributed by atoms with E-state index in [1.54, 1.807) is 24.1 Å². The molecule has 0 fully saturated rings. The van der Waals surface area contributed by atoms with E-state index in [2.05, 4.69) is 0 Å². The second-order valence-corrected chi connectivity index (χ2v) is 5.14. The Hall–Kier alpha value is -2.36. The average Bonchev–Trinajstić information content (AvgIpc) is 2.55. The van der Waals surface area contributed by atoms with Crippen LogP contribution in [0.4, 0.5) is 4.39 Å². The number of amides is 1. The molecular formula is C18H20FNO2. The number of halogens is 1. The lowest BCUT2D eigenvalue weighted by atomic mass is 10.1. The summed E-state index contributed by atoms with van der Waals surface area (Å²) < 4.78 is 18.5. The fraction of sp³-hybridized carbons (Fsp3) is 0.278. The van der Waals surface area contributed by atoms with Gasteiger partial charge in [-0.15, -0.1) is 0 Å². The molecule has 0 aliphatic heterocycles. The topological polar surface area (TPSA) is 29.5 Å². The molecule has 2 aromatic rings. The van der Waals surface area contributed by atoms with Crippen molar-refractivity contribution in [3.8, 4) is 5.75 Å². The van der Waals surface area contributed by atoms with Crippen LogP contribution in [0.1, 0.15) is 24.9 Å². The fourth-order valence-corrected chi connectivity index (χ4v) is 2.13. The summed E-state index contributed by atoms with van der Waals surface area (Å²) in [6.45, 7) is 2.26. The Morgan fingerprint density at radius 1 is 1.14 bits per heavy atom. The summed E-state index contributed by atoms with van der Waals surface area (Å²) in [5.41, 5.74) is 0.904. The standard InChI is InChI=1S/C18H20FNO2/c1-14(15-8-10-16(19)11-9-15)20(2)18(21)12-13-22-17-6-4-3-5-7-17/h3-11,14H,12-13H2,1-2H3. The minimum absolute atomic E-state index is 0.00671. The second-order valence-electron chi connectivity index (χ2n) is 5.14. The van der Waals surface area contributed by atoms with Gasteiger partial charge in [0.25, 0.3) is 0 Å². The molecule has 0 saturated heterocycles. The summed E-state index contributed by atoms with van der Waals surface area (Å²) in [5, 5.41) is 0. The molecule has 1 unspecified atom stereocenters. The average molecular weight is 301 g/mol. The van der Waals surface area contributed by atoms with Crippen LogP contribution in [0, 0.1) is 5.82 Å². The van der Waals surface area contributed by atoms with Gasteiger partial charge in [0.15, 0.2) is 0 Å². The zero-order chi connectivity index (χ0) is 15.9. The van der Waals surface area contributed by atoms with Gasteiger partial charge in [-0.1, -0.05) is 30.3 Å². The van der Waals surface area contributed by atoms with E-state index in [0.29, 0.717) is 13.0 Å². The van der Waals surface area contributed by atoms with Gasteiger partial charge >= 0.3 is 0 Å². The highest BCUT2D eigenvalue weighted by molar-refractivity contribution is 5.76. The van der Waals surface area contributed by atoms with Crippen molar-refractivity contribution in [2.45, 2.75) is 19.4 Å². The van der Waals surface area contributed by atoms with Crippen molar-refractivity contribution in [1.29, 1.82) is 0 Å². The quantitative estimate of drug-likeness (QED) is 0.812. The number of hydrogen-bond donors (Lipinski definition) is 0. The number of para-hydroxylation sites is 1. The fourth-order valence-electron chi connectivity index (χ4n) is 2.13. The largest absolute Gasteiger partial charge is 0.493 e. The van der Waals surface area contributed by atoms with E-state index in [9.17, 15) is 9.18 Å². The number of ether oxygens (including phenoxy) is 1. The van der Waals surface area contributed by atoms with Crippen molar-refractivity contribution in [2.75, 3.05) is 13.7 Å². The molecule has 1 amide bonds. The Morgan fingerprint density at radius 3 is 2.41 bits per heavy atom. The van der Waals surface area contributed by atoms with E-state index in [0.717, 1.165) is 11.3 Å². The van der Waals surface area contributed by atoms with E-state index in [4.69, 9.17) is 4.74 Å². The smallest absolute Gasteiger partial charge is 0.226 e. The molecule has 0 radical (unpaired) electrons. The van der Waals surface area contributed by atoms with Gasteiger partial charge in [-0.25, -0.2) is 4.39 Å². The monoisotopic (exact) mass is 301 g/mol. The number of carbonyl (C=O) groups excluding carboxylic acids is 1.